The van der Waals surface area contributed by atoms with Crippen molar-refractivity contribution < 1.29 is 9.18 Å². The third kappa shape index (κ3) is 1.50. The van der Waals surface area contributed by atoms with Gasteiger partial charge in [-0.05, 0) is 60.8 Å². The van der Waals surface area contributed by atoms with Crippen LogP contribution in [0.25, 0.3) is 0 Å². The molecule has 4 saturated carbocycles. The van der Waals surface area contributed by atoms with Crippen LogP contribution in [-0.2, 0) is 10.2 Å². The molecule has 4 atom stereocenters. The van der Waals surface area contributed by atoms with E-state index < -0.39 is 5.41 Å². The lowest BCUT2D eigenvalue weighted by molar-refractivity contribution is -0.133. The van der Waals surface area contributed by atoms with Gasteiger partial charge in [0.15, 0.2) is 0 Å². The molecule has 5 rings (SSSR count). The van der Waals surface area contributed by atoms with Crippen LogP contribution in [0.1, 0.15) is 44.1 Å². The molecule has 2 unspecified atom stereocenters. The van der Waals surface area contributed by atoms with Gasteiger partial charge in [0, 0.05) is 0 Å². The molecule has 1 amide bonds. The standard InChI is InChI=1S/C18H22FNO/c19-7-6-17-9-13-8-16(11-17,14-4-2-1-3-5-14)12-18(17,10-13)15(20)21/h1-5,13H,6-12H2,(H2,20,21)/t13?,16-,17-,18?/m1/s1. The summed E-state index contributed by atoms with van der Waals surface area (Å²) in [6, 6.07) is 10.5. The number of halogens is 1. The molecular weight excluding hydrogens is 265 g/mol. The van der Waals surface area contributed by atoms with E-state index in [9.17, 15) is 9.18 Å². The van der Waals surface area contributed by atoms with Gasteiger partial charge >= 0.3 is 0 Å². The van der Waals surface area contributed by atoms with Crippen LogP contribution in [0.15, 0.2) is 30.3 Å². The van der Waals surface area contributed by atoms with E-state index in [-0.39, 0.29) is 23.4 Å². The quantitative estimate of drug-likeness (QED) is 0.906. The zero-order chi connectivity index (χ0) is 14.7. The maximum atomic E-state index is 13.2. The van der Waals surface area contributed by atoms with Crippen molar-refractivity contribution in [2.45, 2.75) is 43.9 Å². The van der Waals surface area contributed by atoms with Crippen molar-refractivity contribution in [3.8, 4) is 0 Å². The zero-order valence-electron chi connectivity index (χ0n) is 12.3. The molecule has 4 fully saturated rings. The van der Waals surface area contributed by atoms with E-state index in [1.807, 2.05) is 6.07 Å². The summed E-state index contributed by atoms with van der Waals surface area (Å²) in [4.78, 5) is 12.3. The van der Waals surface area contributed by atoms with Gasteiger partial charge in [-0.2, -0.15) is 0 Å². The van der Waals surface area contributed by atoms with Gasteiger partial charge in [-0.1, -0.05) is 30.3 Å². The second-order valence-electron chi connectivity index (χ2n) is 7.64. The smallest absolute Gasteiger partial charge is 0.224 e. The van der Waals surface area contributed by atoms with E-state index in [0.29, 0.717) is 12.3 Å². The zero-order valence-corrected chi connectivity index (χ0v) is 12.3. The number of alkyl halides is 1. The Labute approximate surface area is 124 Å². The number of benzene rings is 1. The lowest BCUT2D eigenvalue weighted by Gasteiger charge is -2.41. The molecule has 2 N–H and O–H groups in total. The highest BCUT2D eigenvalue weighted by atomic mass is 19.1. The van der Waals surface area contributed by atoms with E-state index in [2.05, 4.69) is 24.3 Å². The van der Waals surface area contributed by atoms with Gasteiger partial charge in [-0.15, -0.1) is 0 Å². The number of carbonyl (C=O) groups excluding carboxylic acids is 1. The third-order valence-electron chi connectivity index (χ3n) is 6.76. The summed E-state index contributed by atoms with van der Waals surface area (Å²) in [6.45, 7) is -0.341. The number of primary amides is 1. The molecule has 4 aliphatic carbocycles. The lowest BCUT2D eigenvalue weighted by Crippen LogP contribution is -2.44. The molecule has 2 nitrogen and oxygen atoms in total. The number of hydrogen-bond acceptors (Lipinski definition) is 1. The molecule has 0 saturated heterocycles. The van der Waals surface area contributed by atoms with Gasteiger partial charge in [0.25, 0.3) is 0 Å². The molecule has 112 valence electrons. The SMILES string of the molecule is NC(=O)C12CC3C[C@](c4ccccc4)(C1)C[C@@]2(CCF)C3. The molecule has 3 heteroatoms. The number of nitrogens with two attached hydrogens (primary N) is 1. The van der Waals surface area contributed by atoms with E-state index in [1.165, 1.54) is 5.56 Å². The van der Waals surface area contributed by atoms with Gasteiger partial charge in [0.1, 0.15) is 0 Å². The van der Waals surface area contributed by atoms with Crippen molar-refractivity contribution in [3.63, 3.8) is 0 Å². The highest BCUT2D eigenvalue weighted by Gasteiger charge is 2.73. The minimum Gasteiger partial charge on any atom is -0.369 e. The van der Waals surface area contributed by atoms with Crippen LogP contribution < -0.4 is 5.73 Å². The largest absolute Gasteiger partial charge is 0.369 e. The summed E-state index contributed by atoms with van der Waals surface area (Å²) >= 11 is 0. The second-order valence-corrected chi connectivity index (χ2v) is 7.64. The molecule has 4 aliphatic rings. The summed E-state index contributed by atoms with van der Waals surface area (Å²) in [6.07, 6.45) is 5.29. The predicted octanol–water partition coefficient (Wildman–Crippen LogP) is 3.35. The number of amides is 1. The molecule has 0 heterocycles. The molecule has 4 bridgehead atoms. The average molecular weight is 287 g/mol. The molecule has 0 aromatic heterocycles. The van der Waals surface area contributed by atoms with Crippen molar-refractivity contribution >= 4 is 5.91 Å². The minimum atomic E-state index is -0.460. The predicted molar refractivity (Wildman–Crippen MR) is 79.3 cm³/mol. The Kier molecular flexibility index (Phi) is 2.59. The molecule has 0 spiro atoms. The Morgan fingerprint density at radius 2 is 1.95 bits per heavy atom. The summed E-state index contributed by atoms with van der Waals surface area (Å²) in [5, 5.41) is 0. The van der Waals surface area contributed by atoms with Gasteiger partial charge < -0.3 is 5.73 Å². The number of hydrogen-bond donors (Lipinski definition) is 1. The van der Waals surface area contributed by atoms with Crippen LogP contribution in [-0.4, -0.2) is 12.6 Å². The molecular formula is C18H22FNO. The Balaban J connectivity index is 1.84. The van der Waals surface area contributed by atoms with Gasteiger partial charge in [-0.25, -0.2) is 0 Å². The second kappa shape index (κ2) is 4.08. The van der Waals surface area contributed by atoms with Gasteiger partial charge in [0.05, 0.1) is 12.1 Å². The fourth-order valence-corrected chi connectivity index (χ4v) is 6.33. The first kappa shape index (κ1) is 13.3. The Hall–Kier alpha value is -1.38. The highest BCUT2D eigenvalue weighted by Crippen LogP contribution is 2.77. The normalized spacial score (nSPS) is 43.4. The Morgan fingerprint density at radius 3 is 2.62 bits per heavy atom. The van der Waals surface area contributed by atoms with Crippen molar-refractivity contribution in [2.75, 3.05) is 6.67 Å². The summed E-state index contributed by atoms with van der Waals surface area (Å²) in [5.74, 6) is 0.350. The summed E-state index contributed by atoms with van der Waals surface area (Å²) in [5.41, 5.74) is 6.57. The van der Waals surface area contributed by atoms with Gasteiger partial charge in [-0.3, -0.25) is 9.18 Å². The molecule has 0 radical (unpaired) electrons. The molecule has 21 heavy (non-hydrogen) atoms. The molecule has 0 aliphatic heterocycles. The van der Waals surface area contributed by atoms with Crippen LogP contribution in [0.5, 0.6) is 0 Å². The maximum Gasteiger partial charge on any atom is 0.224 e. The minimum absolute atomic E-state index is 0.0482. The average Bonchev–Trinajstić information content (AvgIpc) is 2.80. The van der Waals surface area contributed by atoms with Crippen LogP contribution >= 0.6 is 0 Å². The number of carbonyl (C=O) groups is 1. The van der Waals surface area contributed by atoms with E-state index >= 15 is 0 Å². The topological polar surface area (TPSA) is 43.1 Å². The summed E-state index contributed by atoms with van der Waals surface area (Å²) < 4.78 is 13.2. The lowest BCUT2D eigenvalue weighted by atomic mass is 9.63. The van der Waals surface area contributed by atoms with Crippen LogP contribution in [0.3, 0.4) is 0 Å². The van der Waals surface area contributed by atoms with Gasteiger partial charge in [0.2, 0.25) is 5.91 Å². The van der Waals surface area contributed by atoms with E-state index in [4.69, 9.17) is 5.73 Å². The number of rotatable bonds is 4. The fourth-order valence-electron chi connectivity index (χ4n) is 6.33. The molecule has 1 aromatic rings. The first-order chi connectivity index (χ1) is 10.1. The fraction of sp³-hybridized carbons (Fsp3) is 0.611. The van der Waals surface area contributed by atoms with Crippen molar-refractivity contribution in [1.29, 1.82) is 0 Å². The van der Waals surface area contributed by atoms with Crippen LogP contribution in [0, 0.1) is 16.7 Å². The van der Waals surface area contributed by atoms with Crippen molar-refractivity contribution in [3.05, 3.63) is 35.9 Å². The van der Waals surface area contributed by atoms with Crippen LogP contribution in [0.4, 0.5) is 4.39 Å². The Morgan fingerprint density at radius 1 is 1.19 bits per heavy atom. The van der Waals surface area contributed by atoms with E-state index in [0.717, 1.165) is 32.1 Å². The van der Waals surface area contributed by atoms with Crippen molar-refractivity contribution in [2.24, 2.45) is 22.5 Å². The van der Waals surface area contributed by atoms with Crippen LogP contribution in [0.2, 0.25) is 0 Å². The summed E-state index contributed by atoms with van der Waals surface area (Å²) in [7, 11) is 0. The third-order valence-corrected chi connectivity index (χ3v) is 6.76. The highest BCUT2D eigenvalue weighted by molar-refractivity contribution is 5.84. The first-order valence-corrected chi connectivity index (χ1v) is 7.97. The van der Waals surface area contributed by atoms with Crippen molar-refractivity contribution in [1.82, 2.24) is 0 Å². The molecule has 1 aromatic carbocycles. The monoisotopic (exact) mass is 287 g/mol. The Bertz CT molecular complexity index is 588. The first-order valence-electron chi connectivity index (χ1n) is 7.97. The van der Waals surface area contributed by atoms with E-state index in [1.54, 1.807) is 0 Å². The maximum absolute atomic E-state index is 13.2.